The Bertz CT molecular complexity index is 1030. The van der Waals surface area contributed by atoms with Crippen LogP contribution in [0.3, 0.4) is 0 Å². The number of hydrogen-bond acceptors (Lipinski definition) is 4. The van der Waals surface area contributed by atoms with Crippen LogP contribution < -0.4 is 0 Å². The number of fused-ring (bicyclic) bond motifs is 3. The lowest BCUT2D eigenvalue weighted by atomic mass is 10.1. The quantitative estimate of drug-likeness (QED) is 0.655. The maximum Gasteiger partial charge on any atom is 0.243 e. The first-order chi connectivity index (χ1) is 11.4. The predicted octanol–water partition coefficient (Wildman–Crippen LogP) is 2.55. The molecule has 3 heterocycles. The topological polar surface area (TPSA) is 67.6 Å². The van der Waals surface area contributed by atoms with Crippen LogP contribution >= 0.6 is 15.9 Å². The minimum Gasteiger partial charge on any atom is -0.237 e. The fraction of sp³-hybridized carbons (Fsp3) is 0.250. The van der Waals surface area contributed by atoms with Gasteiger partial charge in [0.05, 0.1) is 16.3 Å². The van der Waals surface area contributed by atoms with Crippen LogP contribution in [0.2, 0.25) is 0 Å². The molecule has 0 bridgehead atoms. The molecule has 0 saturated heterocycles. The van der Waals surface area contributed by atoms with Crippen LogP contribution in [0, 0.1) is 6.92 Å². The van der Waals surface area contributed by atoms with E-state index in [0.29, 0.717) is 24.4 Å². The summed E-state index contributed by atoms with van der Waals surface area (Å²) in [6, 6.07) is 8.64. The molecule has 4 rings (SSSR count). The maximum atomic E-state index is 12.8. The van der Waals surface area contributed by atoms with E-state index >= 15 is 0 Å². The van der Waals surface area contributed by atoms with Crippen molar-refractivity contribution in [3.8, 4) is 0 Å². The monoisotopic (exact) mass is 406 g/mol. The van der Waals surface area contributed by atoms with E-state index in [2.05, 4.69) is 26.0 Å². The fourth-order valence-electron chi connectivity index (χ4n) is 2.99. The summed E-state index contributed by atoms with van der Waals surface area (Å²) >= 11 is 3.33. The van der Waals surface area contributed by atoms with Gasteiger partial charge < -0.3 is 0 Å². The van der Waals surface area contributed by atoms with E-state index in [0.717, 1.165) is 27.1 Å². The van der Waals surface area contributed by atoms with E-state index in [1.54, 1.807) is 30.5 Å². The Balaban J connectivity index is 1.71. The largest absolute Gasteiger partial charge is 0.243 e. The molecule has 1 aliphatic heterocycles. The molecule has 3 aromatic rings. The van der Waals surface area contributed by atoms with Crippen molar-refractivity contribution in [1.82, 2.24) is 18.9 Å². The second kappa shape index (κ2) is 5.65. The smallest absolute Gasteiger partial charge is 0.237 e. The number of sulfonamides is 1. The standard InChI is InChI=1S/C16H15BrN4O2S/c1-11-8-16-18-9-12-10-20(7-6-15(12)21(16)19-11)24(22,23)14-4-2-13(17)3-5-14/h2-5,8-9H,6-7,10H2,1H3. The summed E-state index contributed by atoms with van der Waals surface area (Å²) in [5.74, 6) is 0. The Morgan fingerprint density at radius 3 is 2.71 bits per heavy atom. The summed E-state index contributed by atoms with van der Waals surface area (Å²) in [5.41, 5.74) is 3.64. The summed E-state index contributed by atoms with van der Waals surface area (Å²) in [5, 5.41) is 4.46. The van der Waals surface area contributed by atoms with E-state index in [4.69, 9.17) is 0 Å². The molecule has 0 fully saturated rings. The van der Waals surface area contributed by atoms with Gasteiger partial charge >= 0.3 is 0 Å². The Morgan fingerprint density at radius 1 is 1.21 bits per heavy atom. The van der Waals surface area contributed by atoms with Gasteiger partial charge in [-0.1, -0.05) is 15.9 Å². The predicted molar refractivity (Wildman–Crippen MR) is 93.2 cm³/mol. The first-order valence-electron chi connectivity index (χ1n) is 7.54. The number of nitrogens with zero attached hydrogens (tertiary/aromatic N) is 4. The highest BCUT2D eigenvalue weighted by atomic mass is 79.9. The summed E-state index contributed by atoms with van der Waals surface area (Å²) < 4.78 is 29.9. The molecule has 6 nitrogen and oxygen atoms in total. The van der Waals surface area contributed by atoms with Gasteiger partial charge in [0.1, 0.15) is 0 Å². The molecule has 0 amide bonds. The van der Waals surface area contributed by atoms with Crippen molar-refractivity contribution in [2.45, 2.75) is 24.8 Å². The second-order valence-electron chi connectivity index (χ2n) is 5.83. The third kappa shape index (κ3) is 2.54. The molecule has 0 atom stereocenters. The van der Waals surface area contributed by atoms with Gasteiger partial charge in [0, 0.05) is 41.8 Å². The molecule has 0 unspecified atom stereocenters. The van der Waals surface area contributed by atoms with E-state index in [9.17, 15) is 8.42 Å². The molecule has 1 aromatic carbocycles. The van der Waals surface area contributed by atoms with Crippen molar-refractivity contribution >= 4 is 31.6 Å². The van der Waals surface area contributed by atoms with Crippen LogP contribution in [-0.4, -0.2) is 33.9 Å². The second-order valence-corrected chi connectivity index (χ2v) is 8.68. The van der Waals surface area contributed by atoms with Crippen molar-refractivity contribution in [2.24, 2.45) is 0 Å². The number of hydrogen-bond donors (Lipinski definition) is 0. The van der Waals surface area contributed by atoms with Gasteiger partial charge in [0.15, 0.2) is 5.65 Å². The van der Waals surface area contributed by atoms with Gasteiger partial charge in [-0.25, -0.2) is 17.9 Å². The van der Waals surface area contributed by atoms with Crippen LogP contribution in [0.1, 0.15) is 17.0 Å². The molecule has 0 N–H and O–H groups in total. The lowest BCUT2D eigenvalue weighted by Crippen LogP contribution is -2.37. The molecule has 2 aromatic heterocycles. The Hall–Kier alpha value is -1.77. The number of rotatable bonds is 2. The molecule has 24 heavy (non-hydrogen) atoms. The Labute approximate surface area is 148 Å². The molecule has 8 heteroatoms. The average Bonchev–Trinajstić information content (AvgIpc) is 2.95. The minimum atomic E-state index is -3.51. The molecule has 0 saturated carbocycles. The van der Waals surface area contributed by atoms with Crippen LogP contribution in [0.5, 0.6) is 0 Å². The summed E-state index contributed by atoms with van der Waals surface area (Å²) in [6.07, 6.45) is 2.38. The molecule has 0 spiro atoms. The van der Waals surface area contributed by atoms with Crippen LogP contribution in [0.25, 0.3) is 5.65 Å². The van der Waals surface area contributed by atoms with E-state index in [-0.39, 0.29) is 0 Å². The highest BCUT2D eigenvalue weighted by molar-refractivity contribution is 9.10. The lowest BCUT2D eigenvalue weighted by Gasteiger charge is -2.28. The average molecular weight is 407 g/mol. The van der Waals surface area contributed by atoms with E-state index in [1.165, 1.54) is 4.31 Å². The summed E-state index contributed by atoms with van der Waals surface area (Å²) in [7, 11) is -3.51. The minimum absolute atomic E-state index is 0.304. The van der Waals surface area contributed by atoms with Crippen LogP contribution in [-0.2, 0) is 23.0 Å². The zero-order valence-corrected chi connectivity index (χ0v) is 15.4. The van der Waals surface area contributed by atoms with Gasteiger partial charge in [0.2, 0.25) is 10.0 Å². The van der Waals surface area contributed by atoms with Crippen molar-refractivity contribution in [2.75, 3.05) is 6.54 Å². The zero-order valence-electron chi connectivity index (χ0n) is 13.0. The number of benzene rings is 1. The maximum absolute atomic E-state index is 12.8. The first kappa shape index (κ1) is 15.7. The molecular weight excluding hydrogens is 392 g/mol. The third-order valence-corrected chi connectivity index (χ3v) is 6.58. The van der Waals surface area contributed by atoms with E-state index < -0.39 is 10.0 Å². The van der Waals surface area contributed by atoms with Gasteiger partial charge in [0.25, 0.3) is 0 Å². The highest BCUT2D eigenvalue weighted by Crippen LogP contribution is 2.26. The normalized spacial score (nSPS) is 15.6. The van der Waals surface area contributed by atoms with Crippen molar-refractivity contribution < 1.29 is 8.42 Å². The Morgan fingerprint density at radius 2 is 1.96 bits per heavy atom. The van der Waals surface area contributed by atoms with Gasteiger partial charge in [-0.05, 0) is 31.2 Å². The van der Waals surface area contributed by atoms with Crippen molar-refractivity contribution in [1.29, 1.82) is 0 Å². The van der Waals surface area contributed by atoms with Gasteiger partial charge in [-0.3, -0.25) is 0 Å². The number of halogens is 1. The highest BCUT2D eigenvalue weighted by Gasteiger charge is 2.29. The molecular formula is C16H15BrN4O2S. The third-order valence-electron chi connectivity index (χ3n) is 4.19. The first-order valence-corrected chi connectivity index (χ1v) is 9.77. The zero-order chi connectivity index (χ0) is 16.9. The molecule has 0 aliphatic carbocycles. The van der Waals surface area contributed by atoms with Gasteiger partial charge in [-0.2, -0.15) is 9.40 Å². The Kier molecular flexibility index (Phi) is 3.70. The van der Waals surface area contributed by atoms with Crippen LogP contribution in [0.4, 0.5) is 0 Å². The number of aromatic nitrogens is 3. The summed E-state index contributed by atoms with van der Waals surface area (Å²) in [4.78, 5) is 4.69. The van der Waals surface area contributed by atoms with Crippen molar-refractivity contribution in [3.63, 3.8) is 0 Å². The molecule has 124 valence electrons. The number of aryl methyl sites for hydroxylation is 1. The van der Waals surface area contributed by atoms with Crippen LogP contribution in [0.15, 0.2) is 45.9 Å². The van der Waals surface area contributed by atoms with Crippen molar-refractivity contribution in [3.05, 3.63) is 58.0 Å². The molecule has 1 aliphatic rings. The SMILES string of the molecule is Cc1cc2ncc3c(n2n1)CCN(S(=O)(=O)c1ccc(Br)cc1)C3. The fourth-order valence-corrected chi connectivity index (χ4v) is 4.67. The lowest BCUT2D eigenvalue weighted by molar-refractivity contribution is 0.384. The van der Waals surface area contributed by atoms with E-state index in [1.807, 2.05) is 17.5 Å². The summed E-state index contributed by atoms with van der Waals surface area (Å²) in [6.45, 7) is 2.67. The molecule has 0 radical (unpaired) electrons. The van der Waals surface area contributed by atoms with Gasteiger partial charge in [-0.15, -0.1) is 0 Å².